The molecule has 0 heterocycles. The molecule has 0 amide bonds. The second kappa shape index (κ2) is 7.59. The van der Waals surface area contributed by atoms with Gasteiger partial charge in [0.25, 0.3) is 0 Å². The van der Waals surface area contributed by atoms with Gasteiger partial charge in [-0.15, -0.1) is 0 Å². The Kier molecular flexibility index (Phi) is 5.78. The van der Waals surface area contributed by atoms with Crippen LogP contribution < -0.4 is 15.9 Å². The first-order valence-electron chi connectivity index (χ1n) is 6.73. The topological polar surface area (TPSA) is 0 Å². The molecule has 0 saturated carbocycles. The Bertz CT molecular complexity index is 641. The summed E-state index contributed by atoms with van der Waals surface area (Å²) in [5.41, 5.74) is 1.29. The fraction of sp³-hybridized carbons (Fsp3) is 0.0526. The molecule has 3 rings (SSSR count). The summed E-state index contributed by atoms with van der Waals surface area (Å²) in [6, 6.07) is 31.3. The van der Waals surface area contributed by atoms with Gasteiger partial charge in [-0.2, -0.15) is 0 Å². The van der Waals surface area contributed by atoms with Gasteiger partial charge in [0.1, 0.15) is 0 Å². The molecule has 0 aromatic heterocycles. The second-order valence-corrected chi connectivity index (χ2v) is 6.94. The van der Waals surface area contributed by atoms with Gasteiger partial charge in [0.2, 0.25) is 0 Å². The van der Waals surface area contributed by atoms with Gasteiger partial charge < -0.3 is 0 Å². The van der Waals surface area contributed by atoms with E-state index in [1.165, 1.54) is 21.5 Å². The third-order valence-electron chi connectivity index (χ3n) is 3.21. The van der Waals surface area contributed by atoms with Crippen LogP contribution >= 0.6 is 7.92 Å². The van der Waals surface area contributed by atoms with E-state index in [-0.39, 0.29) is 17.6 Å². The molecule has 0 fully saturated rings. The zero-order chi connectivity index (χ0) is 13.8. The summed E-state index contributed by atoms with van der Waals surface area (Å²) in [4.78, 5) is 0. The van der Waals surface area contributed by atoms with Crippen molar-refractivity contribution in [3.8, 4) is 0 Å². The summed E-state index contributed by atoms with van der Waals surface area (Å²) in [5.74, 6) is 0. The van der Waals surface area contributed by atoms with Gasteiger partial charge in [-0.05, 0) is 36.8 Å². The Labute approximate surface area is 139 Å². The van der Waals surface area contributed by atoms with Gasteiger partial charge in [-0.3, -0.25) is 0 Å². The van der Waals surface area contributed by atoms with Crippen molar-refractivity contribution in [1.82, 2.24) is 0 Å². The Balaban J connectivity index is 0.00000161. The molecule has 1 radical (unpaired) electrons. The van der Waals surface area contributed by atoms with Gasteiger partial charge in [-0.25, -0.2) is 0 Å². The standard InChI is InChI=1S/C19H16P.GeH4/c1-16-9-8-14-19(15-16)20(17-10-4-2-5-11-17)18-12-6-3-7-13-18;/h2-13,15H,1H3;1H4. The third kappa shape index (κ3) is 3.84. The van der Waals surface area contributed by atoms with Crippen LogP contribution in [0.25, 0.3) is 0 Å². The molecule has 105 valence electrons. The summed E-state index contributed by atoms with van der Waals surface area (Å²) in [6.45, 7) is 2.14. The van der Waals surface area contributed by atoms with Crippen molar-refractivity contribution in [3.63, 3.8) is 0 Å². The fourth-order valence-corrected chi connectivity index (χ4v) is 4.61. The van der Waals surface area contributed by atoms with Gasteiger partial charge in [-0.1, -0.05) is 84.4 Å². The molecule has 0 saturated heterocycles. The number of rotatable bonds is 3. The van der Waals surface area contributed by atoms with E-state index in [1.807, 2.05) is 6.07 Å². The van der Waals surface area contributed by atoms with Gasteiger partial charge >= 0.3 is 17.6 Å². The van der Waals surface area contributed by atoms with Crippen molar-refractivity contribution in [2.75, 3.05) is 0 Å². The Hall–Kier alpha value is -1.37. The molecule has 0 spiro atoms. The van der Waals surface area contributed by atoms with Crippen molar-refractivity contribution in [3.05, 3.63) is 90.5 Å². The number of aryl methyl sites for hydroxylation is 1. The Morgan fingerprint density at radius 1 is 0.762 bits per heavy atom. The van der Waals surface area contributed by atoms with Crippen LogP contribution in [0.4, 0.5) is 0 Å². The van der Waals surface area contributed by atoms with Crippen LogP contribution in [0.2, 0.25) is 0 Å². The van der Waals surface area contributed by atoms with Crippen LogP contribution in [0, 0.1) is 13.0 Å². The molecule has 2 heteroatoms. The first-order valence-corrected chi connectivity index (χ1v) is 8.07. The predicted molar refractivity (Wildman–Crippen MR) is 100 cm³/mol. The maximum atomic E-state index is 3.44. The normalized spacial score (nSPS) is 10.2. The number of benzene rings is 3. The second-order valence-electron chi connectivity index (χ2n) is 4.76. The molecular formula is C19H20GeP. The first-order chi connectivity index (χ1) is 9.84. The Morgan fingerprint density at radius 2 is 1.29 bits per heavy atom. The summed E-state index contributed by atoms with van der Waals surface area (Å²) in [7, 11) is -0.518. The van der Waals surface area contributed by atoms with Gasteiger partial charge in [0.05, 0.1) is 0 Å². The van der Waals surface area contributed by atoms with Crippen molar-refractivity contribution >= 4 is 41.4 Å². The van der Waals surface area contributed by atoms with Crippen molar-refractivity contribution in [2.45, 2.75) is 6.92 Å². The molecule has 0 N–H and O–H groups in total. The summed E-state index contributed by atoms with van der Waals surface area (Å²) < 4.78 is 0. The van der Waals surface area contributed by atoms with Crippen LogP contribution in [-0.4, -0.2) is 17.6 Å². The van der Waals surface area contributed by atoms with Gasteiger partial charge in [0.15, 0.2) is 0 Å². The van der Waals surface area contributed by atoms with Gasteiger partial charge in [0, 0.05) is 0 Å². The summed E-state index contributed by atoms with van der Waals surface area (Å²) in [5, 5.41) is 4.03. The van der Waals surface area contributed by atoms with Crippen LogP contribution in [-0.2, 0) is 0 Å². The Morgan fingerprint density at radius 3 is 1.76 bits per heavy atom. The summed E-state index contributed by atoms with van der Waals surface area (Å²) in [6.07, 6.45) is 0. The molecule has 0 atom stereocenters. The van der Waals surface area contributed by atoms with E-state index in [4.69, 9.17) is 0 Å². The maximum absolute atomic E-state index is 3.44. The zero-order valence-electron chi connectivity index (χ0n) is 11.5. The molecule has 3 aromatic carbocycles. The van der Waals surface area contributed by atoms with E-state index in [9.17, 15) is 0 Å². The van der Waals surface area contributed by atoms with E-state index < -0.39 is 7.92 Å². The quantitative estimate of drug-likeness (QED) is 0.501. The third-order valence-corrected chi connectivity index (χ3v) is 5.58. The van der Waals surface area contributed by atoms with E-state index >= 15 is 0 Å². The zero-order valence-corrected chi connectivity index (χ0v) is 12.3. The fourth-order valence-electron chi connectivity index (χ4n) is 2.27. The monoisotopic (exact) mass is 353 g/mol. The minimum absolute atomic E-state index is 0. The van der Waals surface area contributed by atoms with Crippen molar-refractivity contribution in [2.24, 2.45) is 0 Å². The summed E-state index contributed by atoms with van der Waals surface area (Å²) >= 11 is 0. The molecule has 0 aliphatic heterocycles. The minimum atomic E-state index is -0.518. The molecule has 0 unspecified atom stereocenters. The van der Waals surface area contributed by atoms with Crippen LogP contribution in [0.15, 0.2) is 78.9 Å². The molecular weight excluding hydrogens is 332 g/mol. The number of hydrogen-bond donors (Lipinski definition) is 0. The molecule has 0 bridgehead atoms. The van der Waals surface area contributed by atoms with E-state index in [0.29, 0.717) is 0 Å². The van der Waals surface area contributed by atoms with Crippen LogP contribution in [0.3, 0.4) is 0 Å². The predicted octanol–water partition coefficient (Wildman–Crippen LogP) is 2.10. The van der Waals surface area contributed by atoms with Crippen LogP contribution in [0.5, 0.6) is 0 Å². The average molecular weight is 352 g/mol. The van der Waals surface area contributed by atoms with E-state index in [1.54, 1.807) is 0 Å². The SMILES string of the molecule is Cc1cc[c]c(P(c2ccccc2)c2ccccc2)c1.[GeH4]. The van der Waals surface area contributed by atoms with Crippen molar-refractivity contribution in [1.29, 1.82) is 0 Å². The van der Waals surface area contributed by atoms with Crippen molar-refractivity contribution < 1.29 is 0 Å². The average Bonchev–Trinajstić information content (AvgIpc) is 2.50. The molecule has 21 heavy (non-hydrogen) atoms. The molecule has 0 aliphatic carbocycles. The molecule has 0 aliphatic rings. The molecule has 0 nitrogen and oxygen atoms in total. The first kappa shape index (κ1) is 16.0. The molecule has 3 aromatic rings. The number of hydrogen-bond acceptors (Lipinski definition) is 0. The van der Waals surface area contributed by atoms with Crippen LogP contribution in [0.1, 0.15) is 5.56 Å². The van der Waals surface area contributed by atoms with E-state index in [0.717, 1.165) is 0 Å². The van der Waals surface area contributed by atoms with E-state index in [2.05, 4.69) is 85.8 Å².